The van der Waals surface area contributed by atoms with Crippen molar-refractivity contribution >= 4 is 5.91 Å². The van der Waals surface area contributed by atoms with Gasteiger partial charge in [-0.1, -0.05) is 0 Å². The summed E-state index contributed by atoms with van der Waals surface area (Å²) in [5.41, 5.74) is 4.91. The highest BCUT2D eigenvalue weighted by Gasteiger charge is 2.50. The Bertz CT molecular complexity index is 292. The maximum atomic E-state index is 11.9. The standard InChI is InChI=1S/C14H28N2O3/c1-5-18-8-11(4)19-9-14(13(15)17,12-6-7-12)16-10(2)3/h10-12,16H,5-9H2,1-4H3,(H2,15,17). The molecule has 0 radical (unpaired) electrons. The summed E-state index contributed by atoms with van der Waals surface area (Å²) in [7, 11) is 0. The Hall–Kier alpha value is -0.650. The largest absolute Gasteiger partial charge is 0.379 e. The van der Waals surface area contributed by atoms with Gasteiger partial charge in [0.2, 0.25) is 5.91 Å². The molecule has 5 heteroatoms. The number of primary amides is 1. The fourth-order valence-corrected chi connectivity index (χ4v) is 2.32. The van der Waals surface area contributed by atoms with E-state index in [4.69, 9.17) is 15.2 Å². The van der Waals surface area contributed by atoms with Crippen LogP contribution in [0.2, 0.25) is 0 Å². The van der Waals surface area contributed by atoms with Crippen molar-refractivity contribution in [2.45, 2.75) is 58.2 Å². The van der Waals surface area contributed by atoms with Gasteiger partial charge in [0, 0.05) is 12.6 Å². The quantitative estimate of drug-likeness (QED) is 0.623. The molecule has 0 heterocycles. The monoisotopic (exact) mass is 272 g/mol. The second-order valence-electron chi connectivity index (χ2n) is 5.69. The van der Waals surface area contributed by atoms with Crippen LogP contribution in [-0.2, 0) is 14.3 Å². The van der Waals surface area contributed by atoms with Crippen LogP contribution in [0.15, 0.2) is 0 Å². The predicted octanol–water partition coefficient (Wildman–Crippen LogP) is 1.06. The molecule has 0 aliphatic heterocycles. The third-order valence-corrected chi connectivity index (χ3v) is 3.41. The van der Waals surface area contributed by atoms with E-state index in [1.54, 1.807) is 0 Å². The summed E-state index contributed by atoms with van der Waals surface area (Å²) in [6, 6.07) is 0.193. The number of nitrogens with one attached hydrogen (secondary N) is 1. The van der Waals surface area contributed by atoms with Gasteiger partial charge in [-0.25, -0.2) is 0 Å². The van der Waals surface area contributed by atoms with Gasteiger partial charge in [0.25, 0.3) is 0 Å². The molecule has 0 aromatic carbocycles. The molecule has 112 valence electrons. The Kier molecular flexibility index (Phi) is 6.23. The fraction of sp³-hybridized carbons (Fsp3) is 0.929. The molecule has 3 N–H and O–H groups in total. The summed E-state index contributed by atoms with van der Waals surface area (Å²) >= 11 is 0. The molecule has 1 aliphatic carbocycles. The number of hydrogen-bond acceptors (Lipinski definition) is 4. The summed E-state index contributed by atoms with van der Waals surface area (Å²) in [5, 5.41) is 3.33. The van der Waals surface area contributed by atoms with Gasteiger partial charge in [-0.05, 0) is 46.5 Å². The molecule has 5 nitrogen and oxygen atoms in total. The van der Waals surface area contributed by atoms with E-state index in [9.17, 15) is 4.79 Å². The Balaban J connectivity index is 2.60. The van der Waals surface area contributed by atoms with Crippen LogP contribution in [0.3, 0.4) is 0 Å². The third kappa shape index (κ3) is 4.75. The summed E-state index contributed by atoms with van der Waals surface area (Å²) in [6.07, 6.45) is 2.03. The molecule has 0 spiro atoms. The molecule has 1 saturated carbocycles. The molecule has 1 rings (SSSR count). The molecular formula is C14H28N2O3. The first-order valence-electron chi connectivity index (χ1n) is 7.19. The molecule has 19 heavy (non-hydrogen) atoms. The number of carbonyl (C=O) groups excluding carboxylic acids is 1. The van der Waals surface area contributed by atoms with Gasteiger partial charge in [-0.15, -0.1) is 0 Å². The highest BCUT2D eigenvalue weighted by molar-refractivity contribution is 5.85. The number of ether oxygens (including phenoxy) is 2. The van der Waals surface area contributed by atoms with Crippen LogP contribution < -0.4 is 11.1 Å². The van der Waals surface area contributed by atoms with E-state index >= 15 is 0 Å². The molecule has 2 atom stereocenters. The van der Waals surface area contributed by atoms with E-state index in [-0.39, 0.29) is 18.1 Å². The highest BCUT2D eigenvalue weighted by atomic mass is 16.5. The van der Waals surface area contributed by atoms with Crippen LogP contribution in [0.4, 0.5) is 0 Å². The number of carbonyl (C=O) groups is 1. The topological polar surface area (TPSA) is 73.6 Å². The average molecular weight is 272 g/mol. The fourth-order valence-electron chi connectivity index (χ4n) is 2.32. The van der Waals surface area contributed by atoms with Crippen molar-refractivity contribution in [2.24, 2.45) is 11.7 Å². The lowest BCUT2D eigenvalue weighted by atomic mass is 9.92. The van der Waals surface area contributed by atoms with E-state index in [0.717, 1.165) is 12.8 Å². The number of rotatable bonds is 10. The second kappa shape index (κ2) is 7.22. The number of nitrogens with two attached hydrogens (primary N) is 1. The Morgan fingerprint density at radius 3 is 2.47 bits per heavy atom. The average Bonchev–Trinajstić information content (AvgIpc) is 3.15. The van der Waals surface area contributed by atoms with Crippen LogP contribution in [0, 0.1) is 5.92 Å². The third-order valence-electron chi connectivity index (χ3n) is 3.41. The SMILES string of the molecule is CCOCC(C)OCC(NC(C)C)(C(N)=O)C1CC1. The molecule has 0 bridgehead atoms. The molecule has 1 amide bonds. The van der Waals surface area contributed by atoms with E-state index in [1.807, 2.05) is 27.7 Å². The predicted molar refractivity (Wildman–Crippen MR) is 74.8 cm³/mol. The minimum Gasteiger partial charge on any atom is -0.379 e. The van der Waals surface area contributed by atoms with Crippen LogP contribution in [0.1, 0.15) is 40.5 Å². The highest BCUT2D eigenvalue weighted by Crippen LogP contribution is 2.40. The van der Waals surface area contributed by atoms with Crippen molar-refractivity contribution < 1.29 is 14.3 Å². The summed E-state index contributed by atoms with van der Waals surface area (Å²) < 4.78 is 11.1. The van der Waals surface area contributed by atoms with Crippen molar-refractivity contribution in [2.75, 3.05) is 19.8 Å². The van der Waals surface area contributed by atoms with Gasteiger partial charge in [0.15, 0.2) is 0 Å². The molecule has 0 saturated heterocycles. The molecule has 1 fully saturated rings. The lowest BCUT2D eigenvalue weighted by Crippen LogP contribution is -2.62. The molecule has 2 unspecified atom stereocenters. The lowest BCUT2D eigenvalue weighted by molar-refractivity contribution is -0.130. The Morgan fingerprint density at radius 2 is 2.05 bits per heavy atom. The molecule has 1 aliphatic rings. The zero-order valence-electron chi connectivity index (χ0n) is 12.6. The van der Waals surface area contributed by atoms with Crippen LogP contribution >= 0.6 is 0 Å². The van der Waals surface area contributed by atoms with Gasteiger partial charge in [0.1, 0.15) is 5.54 Å². The lowest BCUT2D eigenvalue weighted by Gasteiger charge is -2.34. The van der Waals surface area contributed by atoms with Gasteiger partial charge in [-0.3, -0.25) is 10.1 Å². The van der Waals surface area contributed by atoms with E-state index in [1.165, 1.54) is 0 Å². The minimum atomic E-state index is -0.728. The Morgan fingerprint density at radius 1 is 1.42 bits per heavy atom. The van der Waals surface area contributed by atoms with Crippen molar-refractivity contribution in [3.8, 4) is 0 Å². The van der Waals surface area contributed by atoms with E-state index < -0.39 is 5.54 Å². The van der Waals surface area contributed by atoms with Crippen LogP contribution in [0.5, 0.6) is 0 Å². The van der Waals surface area contributed by atoms with Crippen molar-refractivity contribution in [3.63, 3.8) is 0 Å². The smallest absolute Gasteiger partial charge is 0.240 e. The zero-order valence-corrected chi connectivity index (χ0v) is 12.6. The molecule has 0 aromatic heterocycles. The van der Waals surface area contributed by atoms with Gasteiger partial charge in [-0.2, -0.15) is 0 Å². The van der Waals surface area contributed by atoms with Gasteiger partial charge in [0.05, 0.1) is 19.3 Å². The normalized spacial score (nSPS) is 20.3. The minimum absolute atomic E-state index is 0.0358. The van der Waals surface area contributed by atoms with Crippen LogP contribution in [0.25, 0.3) is 0 Å². The van der Waals surface area contributed by atoms with E-state index in [2.05, 4.69) is 5.32 Å². The summed E-state index contributed by atoms with van der Waals surface area (Å²) in [5.74, 6) is -0.0148. The summed E-state index contributed by atoms with van der Waals surface area (Å²) in [4.78, 5) is 11.9. The van der Waals surface area contributed by atoms with E-state index in [0.29, 0.717) is 25.7 Å². The maximum absolute atomic E-state index is 11.9. The van der Waals surface area contributed by atoms with Crippen molar-refractivity contribution in [1.82, 2.24) is 5.32 Å². The number of amides is 1. The van der Waals surface area contributed by atoms with Crippen molar-refractivity contribution in [3.05, 3.63) is 0 Å². The number of hydrogen-bond donors (Lipinski definition) is 2. The summed E-state index contributed by atoms with van der Waals surface area (Å²) in [6.45, 7) is 9.46. The Labute approximate surface area is 116 Å². The maximum Gasteiger partial charge on any atom is 0.240 e. The van der Waals surface area contributed by atoms with Crippen LogP contribution in [-0.4, -0.2) is 43.4 Å². The van der Waals surface area contributed by atoms with Crippen molar-refractivity contribution in [1.29, 1.82) is 0 Å². The van der Waals surface area contributed by atoms with Gasteiger partial charge >= 0.3 is 0 Å². The first-order chi connectivity index (χ1) is 8.92. The molecular weight excluding hydrogens is 244 g/mol. The van der Waals surface area contributed by atoms with Gasteiger partial charge < -0.3 is 15.2 Å². The first-order valence-corrected chi connectivity index (χ1v) is 7.19. The zero-order chi connectivity index (χ0) is 14.5. The second-order valence-corrected chi connectivity index (χ2v) is 5.69. The molecule has 0 aromatic rings. The first kappa shape index (κ1) is 16.4.